The molecule has 35 heavy (non-hydrogen) atoms. The zero-order valence-electron chi connectivity index (χ0n) is 20.4. The van der Waals surface area contributed by atoms with Crippen LogP contribution in [0.2, 0.25) is 0 Å². The number of hydrogen-bond donors (Lipinski definition) is 1. The Morgan fingerprint density at radius 1 is 1.14 bits per heavy atom. The zero-order chi connectivity index (χ0) is 25.4. The van der Waals surface area contributed by atoms with E-state index in [1.165, 1.54) is 0 Å². The number of hydrogen-bond acceptors (Lipinski definition) is 8. The van der Waals surface area contributed by atoms with E-state index in [2.05, 4.69) is 6.07 Å². The van der Waals surface area contributed by atoms with Gasteiger partial charge in [0.15, 0.2) is 17.3 Å². The van der Waals surface area contributed by atoms with Gasteiger partial charge in [-0.2, -0.15) is 5.26 Å². The van der Waals surface area contributed by atoms with Crippen LogP contribution in [-0.2, 0) is 22.7 Å². The Hall–Kier alpha value is -3.64. The molecule has 0 bridgehead atoms. The van der Waals surface area contributed by atoms with E-state index in [-0.39, 0.29) is 19.0 Å². The quantitative estimate of drug-likeness (QED) is 0.475. The van der Waals surface area contributed by atoms with Crippen LogP contribution in [0.25, 0.3) is 0 Å². The van der Waals surface area contributed by atoms with Gasteiger partial charge in [-0.3, -0.25) is 9.59 Å². The van der Waals surface area contributed by atoms with Crippen LogP contribution in [0, 0.1) is 17.2 Å². The molecule has 1 saturated heterocycles. The number of nitriles is 1. The van der Waals surface area contributed by atoms with Gasteiger partial charge in [-0.1, -0.05) is 13.0 Å². The summed E-state index contributed by atoms with van der Waals surface area (Å²) < 4.78 is 16.5. The fourth-order valence-corrected chi connectivity index (χ4v) is 4.15. The van der Waals surface area contributed by atoms with Gasteiger partial charge < -0.3 is 24.2 Å². The molecule has 186 valence electrons. The molecule has 1 fully saturated rings. The molecule has 2 heterocycles. The van der Waals surface area contributed by atoms with Crippen LogP contribution in [0.1, 0.15) is 59.8 Å². The van der Waals surface area contributed by atoms with Crippen LogP contribution in [0.5, 0.6) is 11.5 Å². The highest BCUT2D eigenvalue weighted by Gasteiger charge is 2.28. The van der Waals surface area contributed by atoms with Crippen molar-refractivity contribution in [2.75, 3.05) is 32.2 Å². The van der Waals surface area contributed by atoms with Crippen LogP contribution < -0.4 is 14.4 Å². The lowest BCUT2D eigenvalue weighted by molar-refractivity contribution is -0.142. The minimum Gasteiger partial charge on any atom is -0.493 e. The number of benzene rings is 1. The molecule has 9 heteroatoms. The summed E-state index contributed by atoms with van der Waals surface area (Å²) in [7, 11) is 3.14. The number of methoxy groups -OCH3 is 2. The van der Waals surface area contributed by atoms with E-state index in [0.29, 0.717) is 72.9 Å². The highest BCUT2D eigenvalue weighted by atomic mass is 16.5. The van der Waals surface area contributed by atoms with Gasteiger partial charge in [0.1, 0.15) is 11.9 Å². The Labute approximate surface area is 205 Å². The van der Waals surface area contributed by atoms with E-state index in [9.17, 15) is 20.0 Å². The SMILES string of the molecule is CCCC(=O)c1cc(C#N)c(N2CCC(C(=O)O)CC2)nc1COCc1ccc(OC)c(OC)c1. The number of piperidine rings is 1. The number of carboxylic acid groups (broad SMARTS) is 1. The Bertz CT molecular complexity index is 1100. The maximum Gasteiger partial charge on any atom is 0.306 e. The molecule has 0 radical (unpaired) electrons. The van der Waals surface area contributed by atoms with E-state index >= 15 is 0 Å². The minimum absolute atomic E-state index is 0.0858. The van der Waals surface area contributed by atoms with Crippen molar-refractivity contribution in [1.82, 2.24) is 4.98 Å². The largest absolute Gasteiger partial charge is 0.493 e. The third kappa shape index (κ3) is 6.28. The number of aliphatic carboxylic acids is 1. The van der Waals surface area contributed by atoms with E-state index in [0.717, 1.165) is 5.56 Å². The maximum absolute atomic E-state index is 12.8. The van der Waals surface area contributed by atoms with Crippen molar-refractivity contribution in [3.8, 4) is 17.6 Å². The molecule has 0 spiro atoms. The second-order valence-electron chi connectivity index (χ2n) is 8.42. The van der Waals surface area contributed by atoms with Crippen molar-refractivity contribution < 1.29 is 28.9 Å². The lowest BCUT2D eigenvalue weighted by atomic mass is 9.96. The predicted molar refractivity (Wildman–Crippen MR) is 129 cm³/mol. The normalized spacial score (nSPS) is 13.8. The topological polar surface area (TPSA) is 122 Å². The van der Waals surface area contributed by atoms with Crippen LogP contribution >= 0.6 is 0 Å². The van der Waals surface area contributed by atoms with Crippen molar-refractivity contribution in [2.24, 2.45) is 5.92 Å². The van der Waals surface area contributed by atoms with Gasteiger partial charge in [-0.05, 0) is 43.0 Å². The molecule has 0 saturated carbocycles. The second-order valence-corrected chi connectivity index (χ2v) is 8.42. The minimum atomic E-state index is -0.803. The summed E-state index contributed by atoms with van der Waals surface area (Å²) in [6.45, 7) is 3.23. The molecule has 1 N–H and O–H groups in total. The Morgan fingerprint density at radius 2 is 1.86 bits per heavy atom. The van der Waals surface area contributed by atoms with Gasteiger partial charge in [0.2, 0.25) is 0 Å². The number of pyridine rings is 1. The van der Waals surface area contributed by atoms with Gasteiger partial charge in [0.05, 0.1) is 44.6 Å². The first-order valence-corrected chi connectivity index (χ1v) is 11.6. The predicted octanol–water partition coefficient (Wildman–Crippen LogP) is 3.97. The van der Waals surface area contributed by atoms with E-state index in [1.807, 2.05) is 24.0 Å². The molecule has 1 aromatic carbocycles. The summed E-state index contributed by atoms with van der Waals surface area (Å²) in [6.07, 6.45) is 1.97. The fourth-order valence-electron chi connectivity index (χ4n) is 4.15. The first-order valence-electron chi connectivity index (χ1n) is 11.6. The lowest BCUT2D eigenvalue weighted by Crippen LogP contribution is -2.37. The highest BCUT2D eigenvalue weighted by Crippen LogP contribution is 2.29. The molecule has 1 aliphatic rings. The van der Waals surface area contributed by atoms with Crippen molar-refractivity contribution in [1.29, 1.82) is 5.26 Å². The zero-order valence-corrected chi connectivity index (χ0v) is 20.4. The molecule has 1 aromatic heterocycles. The number of nitrogens with zero attached hydrogens (tertiary/aromatic N) is 3. The number of ether oxygens (including phenoxy) is 3. The van der Waals surface area contributed by atoms with Crippen LogP contribution in [-0.4, -0.2) is 49.2 Å². The summed E-state index contributed by atoms with van der Waals surface area (Å²) in [6, 6.07) is 9.25. The van der Waals surface area contributed by atoms with E-state index in [1.54, 1.807) is 26.4 Å². The van der Waals surface area contributed by atoms with Crippen molar-refractivity contribution >= 4 is 17.6 Å². The molecule has 9 nitrogen and oxygen atoms in total. The monoisotopic (exact) mass is 481 g/mol. The molecule has 1 aliphatic heterocycles. The van der Waals surface area contributed by atoms with Crippen LogP contribution in [0.15, 0.2) is 24.3 Å². The summed E-state index contributed by atoms with van der Waals surface area (Å²) in [5.74, 6) is 0.394. The van der Waals surface area contributed by atoms with Gasteiger partial charge in [-0.15, -0.1) is 0 Å². The van der Waals surface area contributed by atoms with Crippen molar-refractivity contribution in [3.63, 3.8) is 0 Å². The van der Waals surface area contributed by atoms with Gasteiger partial charge in [-0.25, -0.2) is 4.98 Å². The average molecular weight is 482 g/mol. The highest BCUT2D eigenvalue weighted by molar-refractivity contribution is 5.97. The summed E-state index contributed by atoms with van der Waals surface area (Å²) >= 11 is 0. The molecular formula is C26H31N3O6. The van der Waals surface area contributed by atoms with Gasteiger partial charge in [0.25, 0.3) is 0 Å². The Kier molecular flexibility index (Phi) is 9.04. The molecule has 3 rings (SSSR count). The molecule has 0 amide bonds. The Balaban J connectivity index is 1.84. The lowest BCUT2D eigenvalue weighted by Gasteiger charge is -2.32. The molecule has 0 atom stereocenters. The van der Waals surface area contributed by atoms with Gasteiger partial charge >= 0.3 is 5.97 Å². The third-order valence-corrected chi connectivity index (χ3v) is 6.08. The van der Waals surface area contributed by atoms with Crippen LogP contribution in [0.3, 0.4) is 0 Å². The maximum atomic E-state index is 12.8. The smallest absolute Gasteiger partial charge is 0.306 e. The first-order chi connectivity index (χ1) is 16.9. The first kappa shape index (κ1) is 26.0. The fraction of sp³-hybridized carbons (Fsp3) is 0.462. The number of anilines is 1. The molecule has 0 unspecified atom stereocenters. The summed E-state index contributed by atoms with van der Waals surface area (Å²) in [5, 5.41) is 19.0. The number of carbonyl (C=O) groups excluding carboxylic acids is 1. The number of ketones is 1. The summed E-state index contributed by atoms with van der Waals surface area (Å²) in [5.41, 5.74) is 2.04. The van der Waals surface area contributed by atoms with Crippen molar-refractivity contribution in [2.45, 2.75) is 45.8 Å². The molecular weight excluding hydrogens is 450 g/mol. The number of carbonyl (C=O) groups is 2. The Morgan fingerprint density at radius 3 is 2.46 bits per heavy atom. The van der Waals surface area contributed by atoms with E-state index < -0.39 is 11.9 Å². The van der Waals surface area contributed by atoms with Crippen molar-refractivity contribution in [3.05, 3.63) is 46.6 Å². The second kappa shape index (κ2) is 12.2. The standard InChI is InChI=1S/C26H31N3O6/c1-4-5-22(30)20-13-19(14-27)25(29-10-8-18(9-11-29)26(31)32)28-21(20)16-35-15-17-6-7-23(33-2)24(12-17)34-3/h6-7,12-13,18H,4-5,8-11,15-16H2,1-3H3,(H,31,32). The summed E-state index contributed by atoms with van der Waals surface area (Å²) in [4.78, 5) is 30.7. The van der Waals surface area contributed by atoms with Gasteiger partial charge in [0, 0.05) is 25.1 Å². The average Bonchev–Trinajstić information content (AvgIpc) is 2.88. The molecule has 0 aliphatic carbocycles. The number of carboxylic acids is 1. The number of Topliss-reactive ketones (excluding diaryl/α,β-unsaturated/α-hetero) is 1. The number of rotatable bonds is 11. The van der Waals surface area contributed by atoms with E-state index in [4.69, 9.17) is 19.2 Å². The molecule has 2 aromatic rings. The third-order valence-electron chi connectivity index (χ3n) is 6.08. The van der Waals surface area contributed by atoms with Crippen LogP contribution in [0.4, 0.5) is 5.82 Å². The number of aromatic nitrogens is 1.